The summed E-state index contributed by atoms with van der Waals surface area (Å²) in [5, 5.41) is 8.79. The predicted octanol–water partition coefficient (Wildman–Crippen LogP) is 0.692. The van der Waals surface area contributed by atoms with Crippen molar-refractivity contribution in [2.24, 2.45) is 7.05 Å². The van der Waals surface area contributed by atoms with Gasteiger partial charge in [0.05, 0.1) is 26.1 Å². The van der Waals surface area contributed by atoms with Crippen LogP contribution in [0.5, 0.6) is 0 Å². The number of carbonyl (C=O) groups is 1. The summed E-state index contributed by atoms with van der Waals surface area (Å²) in [5.74, 6) is 2.08. The molecule has 4 rings (SSSR count). The first-order valence-corrected chi connectivity index (χ1v) is 9.18. The maximum absolute atomic E-state index is 12.8. The molecular formula is C17H25N7O2. The van der Waals surface area contributed by atoms with Crippen LogP contribution in [0.4, 0.5) is 4.79 Å². The normalized spacial score (nSPS) is 21.2. The van der Waals surface area contributed by atoms with Crippen LogP contribution in [0.3, 0.4) is 0 Å². The van der Waals surface area contributed by atoms with E-state index in [-0.39, 0.29) is 11.9 Å². The van der Waals surface area contributed by atoms with Crippen LogP contribution in [0.1, 0.15) is 30.4 Å². The van der Waals surface area contributed by atoms with E-state index in [0.29, 0.717) is 39.4 Å². The Morgan fingerprint density at radius 3 is 2.85 bits per heavy atom. The summed E-state index contributed by atoms with van der Waals surface area (Å²) in [6.45, 7) is 4.78. The first-order chi connectivity index (χ1) is 12.7. The number of carbonyl (C=O) groups excluding carboxylic acids is 1. The van der Waals surface area contributed by atoms with Crippen LogP contribution in [0.15, 0.2) is 18.7 Å². The van der Waals surface area contributed by atoms with E-state index in [9.17, 15) is 4.79 Å². The fourth-order valence-corrected chi connectivity index (χ4v) is 3.73. The molecule has 1 atom stereocenters. The van der Waals surface area contributed by atoms with Gasteiger partial charge in [0.1, 0.15) is 5.82 Å². The van der Waals surface area contributed by atoms with E-state index in [1.807, 2.05) is 27.6 Å². The molecule has 0 bridgehead atoms. The first kappa shape index (κ1) is 17.0. The summed E-state index contributed by atoms with van der Waals surface area (Å²) in [6.07, 6.45) is 7.47. The molecule has 2 fully saturated rings. The van der Waals surface area contributed by atoms with Crippen molar-refractivity contribution in [3.63, 3.8) is 0 Å². The SMILES string of the molecule is Cn1c(Cn2ccnc2)nnc1C1CCCN(C(=O)N2CCOCC2)C1. The van der Waals surface area contributed by atoms with Crippen LogP contribution in [0, 0.1) is 0 Å². The standard InChI is InChI=1S/C17H25N7O2/c1-21-15(12-22-6-4-18-13-22)19-20-16(21)14-3-2-5-24(11-14)17(25)23-7-9-26-10-8-23/h4,6,13-14H,2-3,5,7-12H2,1H3. The van der Waals surface area contributed by atoms with Gasteiger partial charge in [-0.05, 0) is 12.8 Å². The van der Waals surface area contributed by atoms with Gasteiger partial charge < -0.3 is 23.7 Å². The number of hydrogen-bond donors (Lipinski definition) is 0. The lowest BCUT2D eigenvalue weighted by Gasteiger charge is -2.37. The van der Waals surface area contributed by atoms with Gasteiger partial charge in [0, 0.05) is 51.5 Å². The molecule has 2 aromatic rings. The fraction of sp³-hybridized carbons (Fsp3) is 0.647. The summed E-state index contributed by atoms with van der Waals surface area (Å²) >= 11 is 0. The zero-order chi connectivity index (χ0) is 17.9. The molecule has 1 unspecified atom stereocenters. The van der Waals surface area contributed by atoms with E-state index < -0.39 is 0 Å². The number of ether oxygens (including phenoxy) is 1. The Hall–Kier alpha value is -2.42. The number of urea groups is 1. The molecular weight excluding hydrogens is 334 g/mol. The number of imidazole rings is 1. The number of nitrogens with zero attached hydrogens (tertiary/aromatic N) is 7. The van der Waals surface area contributed by atoms with E-state index in [4.69, 9.17) is 4.74 Å². The minimum atomic E-state index is 0.124. The van der Waals surface area contributed by atoms with E-state index >= 15 is 0 Å². The molecule has 9 nitrogen and oxygen atoms in total. The maximum Gasteiger partial charge on any atom is 0.320 e. The average molecular weight is 359 g/mol. The number of piperidine rings is 1. The van der Waals surface area contributed by atoms with Gasteiger partial charge in [-0.15, -0.1) is 10.2 Å². The smallest absolute Gasteiger partial charge is 0.320 e. The second kappa shape index (κ2) is 7.45. The molecule has 26 heavy (non-hydrogen) atoms. The topological polar surface area (TPSA) is 81.3 Å². The third kappa shape index (κ3) is 3.44. The number of hydrogen-bond acceptors (Lipinski definition) is 5. The van der Waals surface area contributed by atoms with Gasteiger partial charge in [-0.1, -0.05) is 0 Å². The predicted molar refractivity (Wildman–Crippen MR) is 93.7 cm³/mol. The Morgan fingerprint density at radius 1 is 1.23 bits per heavy atom. The van der Waals surface area contributed by atoms with E-state index in [2.05, 4.69) is 19.7 Å². The highest BCUT2D eigenvalue weighted by atomic mass is 16.5. The molecule has 2 aliphatic rings. The van der Waals surface area contributed by atoms with Crippen LogP contribution >= 0.6 is 0 Å². The number of amides is 2. The molecule has 0 N–H and O–H groups in total. The average Bonchev–Trinajstić information content (AvgIpc) is 3.33. The molecule has 0 spiro atoms. The van der Waals surface area contributed by atoms with Crippen molar-refractivity contribution in [1.29, 1.82) is 0 Å². The van der Waals surface area contributed by atoms with Crippen molar-refractivity contribution in [2.45, 2.75) is 25.3 Å². The largest absolute Gasteiger partial charge is 0.378 e. The molecule has 4 heterocycles. The van der Waals surface area contributed by atoms with Crippen LogP contribution in [0.2, 0.25) is 0 Å². The number of likely N-dealkylation sites (tertiary alicyclic amines) is 1. The highest BCUT2D eigenvalue weighted by Crippen LogP contribution is 2.26. The van der Waals surface area contributed by atoms with Crippen LogP contribution in [0.25, 0.3) is 0 Å². The quantitative estimate of drug-likeness (QED) is 0.805. The number of morpholine rings is 1. The molecule has 0 aromatic carbocycles. The highest BCUT2D eigenvalue weighted by Gasteiger charge is 2.31. The fourth-order valence-electron chi connectivity index (χ4n) is 3.73. The maximum atomic E-state index is 12.8. The minimum Gasteiger partial charge on any atom is -0.378 e. The van der Waals surface area contributed by atoms with Gasteiger partial charge in [0.2, 0.25) is 0 Å². The summed E-state index contributed by atoms with van der Waals surface area (Å²) in [5.41, 5.74) is 0. The van der Waals surface area contributed by atoms with Gasteiger partial charge in [-0.3, -0.25) is 0 Å². The van der Waals surface area contributed by atoms with Gasteiger partial charge in [0.25, 0.3) is 0 Å². The molecule has 140 valence electrons. The monoisotopic (exact) mass is 359 g/mol. The van der Waals surface area contributed by atoms with E-state index in [1.165, 1.54) is 0 Å². The molecule has 2 saturated heterocycles. The molecule has 0 saturated carbocycles. The Morgan fingerprint density at radius 2 is 2.08 bits per heavy atom. The van der Waals surface area contributed by atoms with Crippen LogP contribution < -0.4 is 0 Å². The second-order valence-corrected chi connectivity index (χ2v) is 6.94. The van der Waals surface area contributed by atoms with Crippen molar-refractivity contribution in [3.05, 3.63) is 30.4 Å². The summed E-state index contributed by atoms with van der Waals surface area (Å²) in [7, 11) is 2.00. The van der Waals surface area contributed by atoms with E-state index in [0.717, 1.165) is 31.0 Å². The first-order valence-electron chi connectivity index (χ1n) is 9.18. The van der Waals surface area contributed by atoms with E-state index in [1.54, 1.807) is 12.5 Å². The van der Waals surface area contributed by atoms with Gasteiger partial charge in [-0.25, -0.2) is 9.78 Å². The molecule has 2 aliphatic heterocycles. The Kier molecular flexibility index (Phi) is 4.87. The highest BCUT2D eigenvalue weighted by molar-refractivity contribution is 5.74. The number of aromatic nitrogens is 5. The third-order valence-electron chi connectivity index (χ3n) is 5.22. The Bertz CT molecular complexity index is 736. The van der Waals surface area contributed by atoms with Crippen molar-refractivity contribution in [2.75, 3.05) is 39.4 Å². The van der Waals surface area contributed by atoms with Gasteiger partial charge in [-0.2, -0.15) is 0 Å². The second-order valence-electron chi connectivity index (χ2n) is 6.94. The lowest BCUT2D eigenvalue weighted by Crippen LogP contribution is -2.50. The minimum absolute atomic E-state index is 0.124. The summed E-state index contributed by atoms with van der Waals surface area (Å²) in [4.78, 5) is 20.7. The molecule has 2 amide bonds. The van der Waals surface area contributed by atoms with Crippen molar-refractivity contribution < 1.29 is 9.53 Å². The van der Waals surface area contributed by atoms with Crippen LogP contribution in [-0.4, -0.2) is 79.5 Å². The summed E-state index contributed by atoms with van der Waals surface area (Å²) < 4.78 is 9.39. The lowest BCUT2D eigenvalue weighted by molar-refractivity contribution is 0.0407. The zero-order valence-corrected chi connectivity index (χ0v) is 15.1. The van der Waals surface area contributed by atoms with Crippen LogP contribution in [-0.2, 0) is 18.3 Å². The molecule has 2 aromatic heterocycles. The third-order valence-corrected chi connectivity index (χ3v) is 5.22. The zero-order valence-electron chi connectivity index (χ0n) is 15.1. The lowest BCUT2D eigenvalue weighted by atomic mass is 9.97. The summed E-state index contributed by atoms with van der Waals surface area (Å²) in [6, 6.07) is 0.124. The van der Waals surface area contributed by atoms with Crippen molar-refractivity contribution in [1.82, 2.24) is 34.1 Å². The number of rotatable bonds is 3. The molecule has 0 aliphatic carbocycles. The van der Waals surface area contributed by atoms with Gasteiger partial charge in [0.15, 0.2) is 5.82 Å². The molecule has 9 heteroatoms. The van der Waals surface area contributed by atoms with Crippen molar-refractivity contribution >= 4 is 6.03 Å². The van der Waals surface area contributed by atoms with Crippen molar-refractivity contribution in [3.8, 4) is 0 Å². The molecule has 0 radical (unpaired) electrons. The Balaban J connectivity index is 1.44. The Labute approximate surface area is 152 Å². The van der Waals surface area contributed by atoms with Gasteiger partial charge >= 0.3 is 6.03 Å².